The SMILES string of the molecule is N#Cc1ccccc1CS(=O)(=O)NC(=O)C[C@H]1C[C@H]2CC[C@H]1C2. The second-order valence-electron chi connectivity index (χ2n) is 6.69. The molecule has 6 heteroatoms. The Kier molecular flexibility index (Phi) is 4.40. The van der Waals surface area contributed by atoms with Crippen molar-refractivity contribution in [1.82, 2.24) is 4.72 Å². The van der Waals surface area contributed by atoms with Crippen LogP contribution in [0.2, 0.25) is 0 Å². The molecule has 0 heterocycles. The van der Waals surface area contributed by atoms with Crippen molar-refractivity contribution in [2.75, 3.05) is 0 Å². The second-order valence-corrected chi connectivity index (χ2v) is 8.41. The summed E-state index contributed by atoms with van der Waals surface area (Å²) in [5.41, 5.74) is 0.730. The number of hydrogen-bond donors (Lipinski definition) is 1. The average Bonchev–Trinajstić information content (AvgIpc) is 3.09. The number of carbonyl (C=O) groups excluding carboxylic acids is 1. The molecular formula is C17H20N2O3S. The van der Waals surface area contributed by atoms with Crippen molar-refractivity contribution in [2.45, 2.75) is 37.9 Å². The van der Waals surface area contributed by atoms with Gasteiger partial charge in [-0.3, -0.25) is 9.52 Å². The van der Waals surface area contributed by atoms with Crippen LogP contribution in [0.1, 0.15) is 43.2 Å². The maximum Gasteiger partial charge on any atom is 0.239 e. The van der Waals surface area contributed by atoms with Gasteiger partial charge in [0.15, 0.2) is 0 Å². The van der Waals surface area contributed by atoms with Crippen molar-refractivity contribution in [3.8, 4) is 6.07 Å². The van der Waals surface area contributed by atoms with Gasteiger partial charge in [0.05, 0.1) is 17.4 Å². The third-order valence-corrected chi connectivity index (χ3v) is 6.31. The first-order valence-electron chi connectivity index (χ1n) is 7.98. The van der Waals surface area contributed by atoms with E-state index >= 15 is 0 Å². The molecule has 23 heavy (non-hydrogen) atoms. The van der Waals surface area contributed by atoms with Crippen LogP contribution in [-0.2, 0) is 20.6 Å². The van der Waals surface area contributed by atoms with Crippen LogP contribution in [0.25, 0.3) is 0 Å². The van der Waals surface area contributed by atoms with Gasteiger partial charge in [-0.15, -0.1) is 0 Å². The molecule has 5 nitrogen and oxygen atoms in total. The van der Waals surface area contributed by atoms with Crippen molar-refractivity contribution in [3.63, 3.8) is 0 Å². The van der Waals surface area contributed by atoms with Gasteiger partial charge in [0.25, 0.3) is 0 Å². The predicted octanol–water partition coefficient (Wildman–Crippen LogP) is 2.33. The van der Waals surface area contributed by atoms with Crippen LogP contribution in [0.4, 0.5) is 0 Å². The molecule has 2 saturated carbocycles. The largest absolute Gasteiger partial charge is 0.274 e. The maximum absolute atomic E-state index is 12.2. The molecule has 1 amide bonds. The lowest BCUT2D eigenvalue weighted by molar-refractivity contribution is -0.120. The lowest BCUT2D eigenvalue weighted by atomic mass is 9.86. The molecule has 2 aliphatic rings. The van der Waals surface area contributed by atoms with E-state index in [-0.39, 0.29) is 5.75 Å². The number of nitriles is 1. The maximum atomic E-state index is 12.2. The fraction of sp³-hybridized carbons (Fsp3) is 0.529. The number of carbonyl (C=O) groups is 1. The molecule has 2 bridgehead atoms. The van der Waals surface area contributed by atoms with Crippen LogP contribution in [0, 0.1) is 29.1 Å². The Morgan fingerprint density at radius 2 is 2.04 bits per heavy atom. The molecule has 0 aliphatic heterocycles. The summed E-state index contributed by atoms with van der Waals surface area (Å²) in [6, 6.07) is 8.50. The van der Waals surface area contributed by atoms with E-state index in [0.717, 1.165) is 12.3 Å². The third kappa shape index (κ3) is 3.73. The summed E-state index contributed by atoms with van der Waals surface area (Å²) in [6.07, 6.45) is 4.97. The highest BCUT2D eigenvalue weighted by atomic mass is 32.2. The molecule has 0 unspecified atom stereocenters. The molecule has 122 valence electrons. The molecule has 3 rings (SSSR count). The molecule has 2 aliphatic carbocycles. The number of amides is 1. The monoisotopic (exact) mass is 332 g/mol. The Labute approximate surface area is 136 Å². The van der Waals surface area contributed by atoms with Gasteiger partial charge in [-0.2, -0.15) is 5.26 Å². The summed E-state index contributed by atoms with van der Waals surface area (Å²) >= 11 is 0. The Hall–Kier alpha value is -1.87. The van der Waals surface area contributed by atoms with Gasteiger partial charge in [-0.25, -0.2) is 8.42 Å². The number of nitrogens with one attached hydrogen (secondary N) is 1. The Morgan fingerprint density at radius 1 is 1.26 bits per heavy atom. The molecule has 1 N–H and O–H groups in total. The molecule has 0 spiro atoms. The van der Waals surface area contributed by atoms with Crippen LogP contribution in [0.5, 0.6) is 0 Å². The predicted molar refractivity (Wildman–Crippen MR) is 85.5 cm³/mol. The van der Waals surface area contributed by atoms with Crippen molar-refractivity contribution in [2.24, 2.45) is 17.8 Å². The standard InChI is InChI=1S/C17H20N2O3S/c18-10-14-3-1-2-4-15(14)11-23(21,22)19-17(20)9-16-8-12-5-6-13(16)7-12/h1-4,12-13,16H,5-9,11H2,(H,19,20)/t12-,13-,16+/m0/s1. The molecular weight excluding hydrogens is 312 g/mol. The van der Waals surface area contributed by atoms with Crippen LogP contribution in [0.15, 0.2) is 24.3 Å². The Balaban J connectivity index is 1.60. The van der Waals surface area contributed by atoms with Gasteiger partial charge < -0.3 is 0 Å². The van der Waals surface area contributed by atoms with E-state index in [2.05, 4.69) is 4.72 Å². The van der Waals surface area contributed by atoms with Crippen molar-refractivity contribution in [1.29, 1.82) is 5.26 Å². The quantitative estimate of drug-likeness (QED) is 0.896. The zero-order chi connectivity index (χ0) is 16.4. The number of benzene rings is 1. The Morgan fingerprint density at radius 3 is 2.70 bits per heavy atom. The minimum absolute atomic E-state index is 0.292. The van der Waals surface area contributed by atoms with Gasteiger partial charge >= 0.3 is 0 Å². The highest BCUT2D eigenvalue weighted by Gasteiger charge is 2.40. The van der Waals surface area contributed by atoms with Crippen LogP contribution in [-0.4, -0.2) is 14.3 Å². The number of fused-ring (bicyclic) bond motifs is 2. The Bertz CT molecular complexity index is 751. The normalized spacial score (nSPS) is 26.0. The third-order valence-electron chi connectivity index (χ3n) is 5.08. The smallest absolute Gasteiger partial charge is 0.239 e. The molecule has 0 aromatic heterocycles. The number of rotatable bonds is 5. The first-order valence-corrected chi connectivity index (χ1v) is 9.63. The lowest BCUT2D eigenvalue weighted by Gasteiger charge is -2.20. The summed E-state index contributed by atoms with van der Waals surface area (Å²) in [5.74, 6) is 0.885. The van der Waals surface area contributed by atoms with Crippen LogP contribution >= 0.6 is 0 Å². The van der Waals surface area contributed by atoms with E-state index in [1.54, 1.807) is 24.3 Å². The minimum Gasteiger partial charge on any atom is -0.274 e. The molecule has 1 aromatic rings. The summed E-state index contributed by atoms with van der Waals surface area (Å²) < 4.78 is 26.5. The topological polar surface area (TPSA) is 87.0 Å². The first kappa shape index (κ1) is 16.0. The summed E-state index contributed by atoms with van der Waals surface area (Å²) in [6.45, 7) is 0. The highest BCUT2D eigenvalue weighted by Crippen LogP contribution is 2.49. The zero-order valence-corrected chi connectivity index (χ0v) is 13.7. The molecule has 0 radical (unpaired) electrons. The second kappa shape index (κ2) is 6.32. The summed E-state index contributed by atoms with van der Waals surface area (Å²) in [4.78, 5) is 12.1. The van der Waals surface area contributed by atoms with E-state index in [9.17, 15) is 13.2 Å². The highest BCUT2D eigenvalue weighted by molar-refractivity contribution is 7.89. The van der Waals surface area contributed by atoms with E-state index in [4.69, 9.17) is 5.26 Å². The summed E-state index contributed by atoms with van der Waals surface area (Å²) in [5, 5.41) is 9.02. The van der Waals surface area contributed by atoms with E-state index in [1.807, 2.05) is 6.07 Å². The molecule has 2 fully saturated rings. The van der Waals surface area contributed by atoms with Crippen LogP contribution < -0.4 is 4.72 Å². The van der Waals surface area contributed by atoms with Crippen molar-refractivity contribution < 1.29 is 13.2 Å². The van der Waals surface area contributed by atoms with Crippen molar-refractivity contribution >= 4 is 15.9 Å². The fourth-order valence-electron chi connectivity index (χ4n) is 4.08. The minimum atomic E-state index is -3.77. The van der Waals surface area contributed by atoms with Crippen molar-refractivity contribution in [3.05, 3.63) is 35.4 Å². The van der Waals surface area contributed by atoms with Gasteiger partial charge in [-0.1, -0.05) is 24.6 Å². The first-order chi connectivity index (χ1) is 11.0. The van der Waals surface area contributed by atoms with Crippen LogP contribution in [0.3, 0.4) is 0 Å². The molecule has 1 aromatic carbocycles. The molecule has 0 saturated heterocycles. The lowest BCUT2D eigenvalue weighted by Crippen LogP contribution is -2.33. The van der Waals surface area contributed by atoms with Gasteiger partial charge in [0.2, 0.25) is 15.9 Å². The van der Waals surface area contributed by atoms with E-state index in [1.165, 1.54) is 19.3 Å². The zero-order valence-electron chi connectivity index (χ0n) is 12.9. The van der Waals surface area contributed by atoms with Gasteiger partial charge in [0.1, 0.15) is 0 Å². The van der Waals surface area contributed by atoms with Gasteiger partial charge in [0, 0.05) is 6.42 Å². The molecule has 3 atom stereocenters. The van der Waals surface area contributed by atoms with E-state index < -0.39 is 15.9 Å². The number of hydrogen-bond acceptors (Lipinski definition) is 4. The fourth-order valence-corrected chi connectivity index (χ4v) is 5.24. The number of nitrogens with zero attached hydrogens (tertiary/aromatic N) is 1. The number of sulfonamides is 1. The summed E-state index contributed by atoms with van der Waals surface area (Å²) in [7, 11) is -3.77. The van der Waals surface area contributed by atoms with Gasteiger partial charge in [-0.05, 0) is 48.6 Å². The van der Waals surface area contributed by atoms with E-state index in [0.29, 0.717) is 29.4 Å². The average molecular weight is 332 g/mol.